The first kappa shape index (κ1) is 29.9. The summed E-state index contributed by atoms with van der Waals surface area (Å²) in [5.74, 6) is -0.630. The van der Waals surface area contributed by atoms with E-state index in [-0.39, 0.29) is 24.1 Å². The van der Waals surface area contributed by atoms with Crippen molar-refractivity contribution < 1.29 is 19.4 Å². The van der Waals surface area contributed by atoms with Gasteiger partial charge in [-0.05, 0) is 56.8 Å². The molecule has 0 saturated heterocycles. The SMILES string of the molecule is CCc1c2c(nc3ccccc13)-c1cc([C@@](O)(CC)C(=O)NCCN(C)C)c(COC(=O)Nc3ccccc3)c(=O)n1C2. The lowest BCUT2D eigenvalue weighted by atomic mass is 9.86. The molecule has 0 saturated carbocycles. The number of aryl methyl sites for hydroxylation is 1. The quantitative estimate of drug-likeness (QED) is 0.227. The molecule has 3 N–H and O–H groups in total. The molecule has 0 spiro atoms. The van der Waals surface area contributed by atoms with Crippen molar-refractivity contribution in [1.29, 1.82) is 0 Å². The van der Waals surface area contributed by atoms with Crippen LogP contribution in [0, 0.1) is 0 Å². The highest BCUT2D eigenvalue weighted by molar-refractivity contribution is 5.90. The molecule has 1 aliphatic rings. The van der Waals surface area contributed by atoms with Crippen LogP contribution < -0.4 is 16.2 Å². The Morgan fingerprint density at radius 2 is 1.79 bits per heavy atom. The zero-order chi connectivity index (χ0) is 30.7. The summed E-state index contributed by atoms with van der Waals surface area (Å²) in [4.78, 5) is 47.2. The van der Waals surface area contributed by atoms with E-state index in [9.17, 15) is 19.5 Å². The van der Waals surface area contributed by atoms with Gasteiger partial charge in [0.2, 0.25) is 0 Å². The van der Waals surface area contributed by atoms with Gasteiger partial charge in [-0.2, -0.15) is 0 Å². The second-order valence-electron chi connectivity index (χ2n) is 10.9. The second kappa shape index (κ2) is 12.4. The van der Waals surface area contributed by atoms with E-state index in [2.05, 4.69) is 17.6 Å². The van der Waals surface area contributed by atoms with Crippen LogP contribution in [0.25, 0.3) is 22.3 Å². The largest absolute Gasteiger partial charge is 0.444 e. The third-order valence-corrected chi connectivity index (χ3v) is 7.97. The number of para-hydroxylation sites is 2. The normalized spacial score (nSPS) is 13.3. The predicted molar refractivity (Wildman–Crippen MR) is 166 cm³/mol. The summed E-state index contributed by atoms with van der Waals surface area (Å²) < 4.78 is 7.09. The molecule has 2 aromatic heterocycles. The van der Waals surface area contributed by atoms with Crippen molar-refractivity contribution in [2.45, 2.75) is 45.4 Å². The summed E-state index contributed by atoms with van der Waals surface area (Å²) in [6, 6.07) is 18.3. The Balaban J connectivity index is 1.61. The molecule has 0 bridgehead atoms. The first-order valence-corrected chi connectivity index (χ1v) is 14.5. The average molecular weight is 584 g/mol. The lowest BCUT2D eigenvalue weighted by molar-refractivity contribution is -0.141. The predicted octanol–water partition coefficient (Wildman–Crippen LogP) is 4.01. The van der Waals surface area contributed by atoms with E-state index >= 15 is 0 Å². The summed E-state index contributed by atoms with van der Waals surface area (Å²) in [5.41, 5.74) is 2.16. The van der Waals surface area contributed by atoms with Gasteiger partial charge in [-0.25, -0.2) is 9.78 Å². The van der Waals surface area contributed by atoms with Gasteiger partial charge < -0.3 is 24.6 Å². The molecular weight excluding hydrogens is 546 g/mol. The number of aliphatic hydroxyl groups is 1. The number of anilines is 1. The highest BCUT2D eigenvalue weighted by Crippen LogP contribution is 2.38. The summed E-state index contributed by atoms with van der Waals surface area (Å²) in [7, 11) is 3.77. The van der Waals surface area contributed by atoms with Crippen molar-refractivity contribution in [3.05, 3.63) is 93.3 Å². The number of pyridine rings is 2. The Hall–Kier alpha value is -4.54. The smallest absolute Gasteiger partial charge is 0.411 e. The molecule has 224 valence electrons. The molecule has 2 amide bonds. The van der Waals surface area contributed by atoms with Gasteiger partial charge in [0.15, 0.2) is 5.60 Å². The fraction of sp³-hybridized carbons (Fsp3) is 0.333. The molecular formula is C33H37N5O5. The van der Waals surface area contributed by atoms with Crippen molar-refractivity contribution in [2.24, 2.45) is 0 Å². The molecule has 0 unspecified atom stereocenters. The molecule has 10 nitrogen and oxygen atoms in total. The Morgan fingerprint density at radius 1 is 1.07 bits per heavy atom. The van der Waals surface area contributed by atoms with Crippen molar-refractivity contribution in [1.82, 2.24) is 19.8 Å². The first-order valence-electron chi connectivity index (χ1n) is 14.5. The topological polar surface area (TPSA) is 126 Å². The van der Waals surface area contributed by atoms with E-state index in [1.54, 1.807) is 41.8 Å². The third kappa shape index (κ3) is 5.76. The van der Waals surface area contributed by atoms with Gasteiger partial charge >= 0.3 is 6.09 Å². The van der Waals surface area contributed by atoms with Crippen LogP contribution in [0.4, 0.5) is 10.5 Å². The van der Waals surface area contributed by atoms with Gasteiger partial charge in [0.1, 0.15) is 6.61 Å². The highest BCUT2D eigenvalue weighted by Gasteiger charge is 2.41. The highest BCUT2D eigenvalue weighted by atomic mass is 16.5. The molecule has 10 heteroatoms. The number of nitrogens with one attached hydrogen (secondary N) is 2. The van der Waals surface area contributed by atoms with Gasteiger partial charge in [-0.3, -0.25) is 14.9 Å². The fourth-order valence-electron chi connectivity index (χ4n) is 5.64. The van der Waals surface area contributed by atoms with E-state index in [1.165, 1.54) is 0 Å². The molecule has 0 aliphatic carbocycles. The molecule has 0 radical (unpaired) electrons. The number of hydrogen-bond acceptors (Lipinski definition) is 7. The van der Waals surface area contributed by atoms with Crippen LogP contribution in [0.2, 0.25) is 0 Å². The number of hydrogen-bond donors (Lipinski definition) is 3. The first-order chi connectivity index (χ1) is 20.7. The Bertz CT molecular complexity index is 1730. The zero-order valence-electron chi connectivity index (χ0n) is 24.9. The number of carbonyl (C=O) groups excluding carboxylic acids is 2. The molecule has 43 heavy (non-hydrogen) atoms. The number of carbonyl (C=O) groups is 2. The maximum absolute atomic E-state index is 14.2. The standard InChI is InChI=1S/C33H37N5O5/c1-5-22-23-14-10-11-15-27(23)36-29-24(22)19-38-28(29)18-26(33(42,6-2)31(40)34-16-17-37(3)4)25(30(38)39)20-43-32(41)35-21-12-8-7-9-13-21/h7-15,18,42H,5-6,16-17,19-20H2,1-4H3,(H,34,40)(H,35,41)/t33-/m0/s1. The summed E-state index contributed by atoms with van der Waals surface area (Å²) in [5, 5.41) is 18.4. The lowest BCUT2D eigenvalue weighted by Gasteiger charge is -2.29. The number of benzene rings is 2. The summed E-state index contributed by atoms with van der Waals surface area (Å²) >= 11 is 0. The molecule has 3 heterocycles. The minimum Gasteiger partial charge on any atom is -0.444 e. The van der Waals surface area contributed by atoms with Crippen LogP contribution in [-0.2, 0) is 34.7 Å². The van der Waals surface area contributed by atoms with E-state index in [1.807, 2.05) is 49.3 Å². The molecule has 5 rings (SSSR count). The molecule has 1 atom stereocenters. The number of aromatic nitrogens is 2. The Kier molecular flexibility index (Phi) is 8.61. The van der Waals surface area contributed by atoms with Crippen molar-refractivity contribution in [3.63, 3.8) is 0 Å². The van der Waals surface area contributed by atoms with Crippen LogP contribution in [0.5, 0.6) is 0 Å². The number of nitrogens with zero attached hydrogens (tertiary/aromatic N) is 3. The molecule has 0 fully saturated rings. The van der Waals surface area contributed by atoms with E-state index in [0.717, 1.165) is 28.5 Å². The van der Waals surface area contributed by atoms with Gasteiger partial charge in [0, 0.05) is 35.3 Å². The van der Waals surface area contributed by atoms with Crippen molar-refractivity contribution in [3.8, 4) is 11.4 Å². The van der Waals surface area contributed by atoms with Crippen LogP contribution in [-0.4, -0.2) is 58.7 Å². The van der Waals surface area contributed by atoms with Gasteiger partial charge in [-0.15, -0.1) is 0 Å². The number of rotatable bonds is 10. The van der Waals surface area contributed by atoms with E-state index in [4.69, 9.17) is 9.72 Å². The maximum Gasteiger partial charge on any atom is 0.411 e. The van der Waals surface area contributed by atoms with Crippen LogP contribution in [0.3, 0.4) is 0 Å². The monoisotopic (exact) mass is 583 g/mol. The number of ether oxygens (including phenoxy) is 1. The van der Waals surface area contributed by atoms with Crippen LogP contribution >= 0.6 is 0 Å². The molecule has 4 aromatic rings. The fourth-order valence-corrected chi connectivity index (χ4v) is 5.64. The van der Waals surface area contributed by atoms with Gasteiger partial charge in [0.05, 0.1) is 29.0 Å². The van der Waals surface area contributed by atoms with Crippen LogP contribution in [0.15, 0.2) is 65.5 Å². The van der Waals surface area contributed by atoms with Crippen molar-refractivity contribution >= 4 is 28.6 Å². The maximum atomic E-state index is 14.2. The van der Waals surface area contributed by atoms with E-state index < -0.39 is 29.8 Å². The average Bonchev–Trinajstić information content (AvgIpc) is 3.37. The third-order valence-electron chi connectivity index (χ3n) is 7.97. The number of fused-ring (bicyclic) bond motifs is 4. The van der Waals surface area contributed by atoms with Gasteiger partial charge in [-0.1, -0.05) is 50.2 Å². The molecule has 1 aliphatic heterocycles. The minimum atomic E-state index is -2.05. The Labute approximate surface area is 250 Å². The number of amides is 2. The Morgan fingerprint density at radius 3 is 2.49 bits per heavy atom. The summed E-state index contributed by atoms with van der Waals surface area (Å²) in [6.45, 7) is 4.47. The van der Waals surface area contributed by atoms with Crippen LogP contribution in [0.1, 0.15) is 42.5 Å². The summed E-state index contributed by atoms with van der Waals surface area (Å²) in [6.07, 6.45) is -0.0310. The van der Waals surface area contributed by atoms with Crippen molar-refractivity contribution in [2.75, 3.05) is 32.5 Å². The second-order valence-corrected chi connectivity index (χ2v) is 10.9. The lowest BCUT2D eigenvalue weighted by Crippen LogP contribution is -2.47. The van der Waals surface area contributed by atoms with Gasteiger partial charge in [0.25, 0.3) is 11.5 Å². The zero-order valence-corrected chi connectivity index (χ0v) is 24.9. The molecule has 2 aromatic carbocycles. The number of likely N-dealkylation sites (N-methyl/N-ethyl adjacent to an activating group) is 1. The van der Waals surface area contributed by atoms with E-state index in [0.29, 0.717) is 30.2 Å². The minimum absolute atomic E-state index is 0.00881.